The summed E-state index contributed by atoms with van der Waals surface area (Å²) in [4.78, 5) is 28.9. The number of benzene rings is 1. The third kappa shape index (κ3) is 3.47. The molecule has 1 aromatic rings. The Morgan fingerprint density at radius 3 is 2.63 bits per heavy atom. The Bertz CT molecular complexity index is 734. The van der Waals surface area contributed by atoms with Gasteiger partial charge in [0.2, 0.25) is 5.91 Å². The second-order valence-corrected chi connectivity index (χ2v) is 8.47. The Kier molecular flexibility index (Phi) is 4.93. The molecule has 2 aliphatic heterocycles. The van der Waals surface area contributed by atoms with Gasteiger partial charge in [-0.3, -0.25) is 9.59 Å². The molecule has 0 aromatic heterocycles. The van der Waals surface area contributed by atoms with Gasteiger partial charge in [-0.05, 0) is 37.0 Å². The minimum absolute atomic E-state index is 0.0205. The molecular formula is C21H27FN2O3. The van der Waals surface area contributed by atoms with E-state index in [1.54, 1.807) is 6.07 Å². The number of rotatable bonds is 5. The number of hydrogen-bond donors (Lipinski definition) is 1. The molecule has 0 spiro atoms. The summed E-state index contributed by atoms with van der Waals surface area (Å²) >= 11 is 0. The van der Waals surface area contributed by atoms with E-state index in [4.69, 9.17) is 0 Å². The van der Waals surface area contributed by atoms with Crippen molar-refractivity contribution < 1.29 is 19.1 Å². The number of carboxylic acids is 1. The van der Waals surface area contributed by atoms with Crippen LogP contribution in [0.2, 0.25) is 0 Å². The van der Waals surface area contributed by atoms with Crippen molar-refractivity contribution >= 4 is 11.9 Å². The summed E-state index contributed by atoms with van der Waals surface area (Å²) in [5, 5.41) is 9.96. The minimum atomic E-state index is -0.851. The fraction of sp³-hybridized carbons (Fsp3) is 0.619. The number of halogens is 1. The highest BCUT2D eigenvalue weighted by Crippen LogP contribution is 2.44. The van der Waals surface area contributed by atoms with Crippen LogP contribution in [-0.2, 0) is 16.0 Å². The molecule has 1 amide bonds. The van der Waals surface area contributed by atoms with Crippen LogP contribution in [0.5, 0.6) is 0 Å². The van der Waals surface area contributed by atoms with Crippen LogP contribution in [0.4, 0.5) is 4.39 Å². The van der Waals surface area contributed by atoms with Gasteiger partial charge >= 0.3 is 5.97 Å². The molecule has 3 fully saturated rings. The first kappa shape index (κ1) is 18.4. The first-order valence-corrected chi connectivity index (χ1v) is 9.97. The Hall–Kier alpha value is -1.95. The summed E-state index contributed by atoms with van der Waals surface area (Å²) < 4.78 is 13.3. The topological polar surface area (TPSA) is 60.9 Å². The van der Waals surface area contributed by atoms with Crippen LogP contribution in [0.25, 0.3) is 0 Å². The Morgan fingerprint density at radius 2 is 1.96 bits per heavy atom. The van der Waals surface area contributed by atoms with Crippen molar-refractivity contribution in [1.29, 1.82) is 0 Å². The van der Waals surface area contributed by atoms with Gasteiger partial charge in [-0.1, -0.05) is 25.0 Å². The monoisotopic (exact) mass is 374 g/mol. The summed E-state index contributed by atoms with van der Waals surface area (Å²) in [6, 6.07) is 6.56. The molecule has 0 unspecified atom stereocenters. The van der Waals surface area contributed by atoms with Crippen LogP contribution in [0.15, 0.2) is 24.3 Å². The molecule has 0 bridgehead atoms. The summed E-state index contributed by atoms with van der Waals surface area (Å²) in [6.07, 6.45) is 4.79. The van der Waals surface area contributed by atoms with Gasteiger partial charge in [-0.2, -0.15) is 0 Å². The summed E-state index contributed by atoms with van der Waals surface area (Å²) in [6.45, 7) is 2.76. The van der Waals surface area contributed by atoms with Crippen LogP contribution >= 0.6 is 0 Å². The second kappa shape index (κ2) is 7.23. The number of amides is 1. The zero-order valence-electron chi connectivity index (χ0n) is 15.6. The molecule has 1 aliphatic carbocycles. The van der Waals surface area contributed by atoms with Crippen molar-refractivity contribution in [3.8, 4) is 0 Å². The zero-order chi connectivity index (χ0) is 19.0. The number of carbonyl (C=O) groups is 2. The van der Waals surface area contributed by atoms with Crippen molar-refractivity contribution in [3.63, 3.8) is 0 Å². The quantitative estimate of drug-likeness (QED) is 0.860. The van der Waals surface area contributed by atoms with Crippen LogP contribution < -0.4 is 0 Å². The van der Waals surface area contributed by atoms with Crippen molar-refractivity contribution in [2.24, 2.45) is 17.3 Å². The molecule has 3 aliphatic rings. The maximum atomic E-state index is 13.3. The number of fused-ring (bicyclic) bond motifs is 1. The fourth-order valence-corrected chi connectivity index (χ4v) is 5.22. The number of likely N-dealkylation sites (tertiary alicyclic amines) is 2. The van der Waals surface area contributed by atoms with Crippen LogP contribution in [0, 0.1) is 23.1 Å². The highest BCUT2D eigenvalue weighted by atomic mass is 19.1. The third-order valence-electron chi connectivity index (χ3n) is 6.73. The first-order valence-electron chi connectivity index (χ1n) is 9.97. The van der Waals surface area contributed by atoms with Gasteiger partial charge in [0.15, 0.2) is 0 Å². The van der Waals surface area contributed by atoms with Crippen LogP contribution in [-0.4, -0.2) is 59.5 Å². The van der Waals surface area contributed by atoms with E-state index in [0.29, 0.717) is 39.1 Å². The number of carbonyl (C=O) groups excluding carboxylic acids is 1. The third-order valence-corrected chi connectivity index (χ3v) is 6.73. The van der Waals surface area contributed by atoms with E-state index in [-0.39, 0.29) is 23.6 Å². The van der Waals surface area contributed by atoms with Crippen molar-refractivity contribution in [3.05, 3.63) is 35.6 Å². The Labute approximate surface area is 159 Å². The maximum Gasteiger partial charge on any atom is 0.313 e. The normalized spacial score (nSPS) is 28.6. The van der Waals surface area contributed by atoms with Gasteiger partial charge < -0.3 is 14.9 Å². The standard InChI is InChI=1S/C21H27FN2O3/c22-18-7-3-4-15(10-18)8-9-23-11-17-12-24(14-21(17,13-23)20(26)27)19(25)16-5-1-2-6-16/h3-4,7,10,16-17H,1-2,5-6,8-9,11-14H2,(H,26,27)/t17-,21-/m0/s1. The largest absolute Gasteiger partial charge is 0.481 e. The van der Waals surface area contributed by atoms with E-state index in [9.17, 15) is 19.1 Å². The van der Waals surface area contributed by atoms with Gasteiger partial charge in [0.05, 0.1) is 0 Å². The molecule has 2 saturated heterocycles. The maximum absolute atomic E-state index is 13.3. The lowest BCUT2D eigenvalue weighted by molar-refractivity contribution is -0.149. The van der Waals surface area contributed by atoms with E-state index in [0.717, 1.165) is 31.2 Å². The van der Waals surface area contributed by atoms with Gasteiger partial charge in [0.25, 0.3) is 0 Å². The van der Waals surface area contributed by atoms with Gasteiger partial charge in [-0.25, -0.2) is 4.39 Å². The average Bonchev–Trinajstić information content (AvgIpc) is 3.34. The molecule has 1 saturated carbocycles. The van der Waals surface area contributed by atoms with Crippen LogP contribution in [0.3, 0.4) is 0 Å². The second-order valence-electron chi connectivity index (χ2n) is 8.47. The van der Waals surface area contributed by atoms with E-state index in [2.05, 4.69) is 4.90 Å². The molecule has 27 heavy (non-hydrogen) atoms. The van der Waals surface area contributed by atoms with E-state index in [1.165, 1.54) is 12.1 Å². The lowest BCUT2D eigenvalue weighted by atomic mass is 9.81. The molecule has 4 rings (SSSR count). The van der Waals surface area contributed by atoms with E-state index >= 15 is 0 Å². The highest BCUT2D eigenvalue weighted by molar-refractivity contribution is 5.83. The van der Waals surface area contributed by atoms with E-state index < -0.39 is 11.4 Å². The molecule has 1 aromatic carbocycles. The van der Waals surface area contributed by atoms with E-state index in [1.807, 2.05) is 11.0 Å². The predicted molar refractivity (Wildman–Crippen MR) is 98.6 cm³/mol. The molecule has 2 atom stereocenters. The van der Waals surface area contributed by atoms with Crippen LogP contribution in [0.1, 0.15) is 31.2 Å². The Morgan fingerprint density at radius 1 is 1.19 bits per heavy atom. The molecule has 0 radical (unpaired) electrons. The zero-order valence-corrected chi connectivity index (χ0v) is 15.6. The molecule has 1 N–H and O–H groups in total. The first-order chi connectivity index (χ1) is 13.0. The summed E-state index contributed by atoms with van der Waals surface area (Å²) in [7, 11) is 0. The minimum Gasteiger partial charge on any atom is -0.481 e. The Balaban J connectivity index is 1.40. The molecule has 2 heterocycles. The van der Waals surface area contributed by atoms with Gasteiger partial charge in [0.1, 0.15) is 11.2 Å². The number of carboxylic acid groups (broad SMARTS) is 1. The lowest BCUT2D eigenvalue weighted by Gasteiger charge is -2.27. The number of aliphatic carboxylic acids is 1. The predicted octanol–water partition coefficient (Wildman–Crippen LogP) is 2.40. The smallest absolute Gasteiger partial charge is 0.313 e. The molecule has 6 heteroatoms. The molecule has 5 nitrogen and oxygen atoms in total. The van der Waals surface area contributed by atoms with Gasteiger partial charge in [-0.15, -0.1) is 0 Å². The fourth-order valence-electron chi connectivity index (χ4n) is 5.22. The summed E-state index contributed by atoms with van der Waals surface area (Å²) in [5.41, 5.74) is 0.0744. The summed E-state index contributed by atoms with van der Waals surface area (Å²) in [5.74, 6) is -0.795. The highest BCUT2D eigenvalue weighted by Gasteiger charge is 2.58. The number of nitrogens with zero attached hydrogens (tertiary/aromatic N) is 2. The van der Waals surface area contributed by atoms with Crippen molar-refractivity contribution in [1.82, 2.24) is 9.80 Å². The van der Waals surface area contributed by atoms with Crippen molar-refractivity contribution in [2.75, 3.05) is 32.7 Å². The van der Waals surface area contributed by atoms with Gasteiger partial charge in [0, 0.05) is 44.6 Å². The average molecular weight is 374 g/mol. The SMILES string of the molecule is O=C(C1CCCC1)N1C[C@@H]2CN(CCc3cccc(F)c3)C[C@]2(C(=O)O)C1. The lowest BCUT2D eigenvalue weighted by Crippen LogP contribution is -2.43. The number of hydrogen-bond acceptors (Lipinski definition) is 3. The van der Waals surface area contributed by atoms with Crippen molar-refractivity contribution in [2.45, 2.75) is 32.1 Å². The molecule has 146 valence electrons. The molecular weight excluding hydrogens is 347 g/mol.